The lowest BCUT2D eigenvalue weighted by Gasteiger charge is -2.04. The largest absolute Gasteiger partial charge is 0.440 e. The van der Waals surface area contributed by atoms with Gasteiger partial charge in [0, 0.05) is 13.0 Å². The number of hydrogen-bond donors (Lipinski definition) is 1. The molecule has 0 aliphatic rings. The van der Waals surface area contributed by atoms with Gasteiger partial charge in [-0.2, -0.15) is 0 Å². The third kappa shape index (κ3) is 2.25. The summed E-state index contributed by atoms with van der Waals surface area (Å²) < 4.78 is 5.85. The van der Waals surface area contributed by atoms with Gasteiger partial charge in [-0.1, -0.05) is 36.4 Å². The van der Waals surface area contributed by atoms with Crippen molar-refractivity contribution in [1.82, 2.24) is 4.98 Å². The van der Waals surface area contributed by atoms with Gasteiger partial charge in [0.1, 0.15) is 5.52 Å². The maximum Gasteiger partial charge on any atom is 0.199 e. The van der Waals surface area contributed by atoms with Gasteiger partial charge in [-0.25, -0.2) is 4.98 Å². The Bertz CT molecular complexity index is 716. The van der Waals surface area contributed by atoms with Gasteiger partial charge in [0.15, 0.2) is 11.5 Å². The van der Waals surface area contributed by atoms with E-state index in [0.717, 1.165) is 28.1 Å². The van der Waals surface area contributed by atoms with Gasteiger partial charge >= 0.3 is 0 Å². The third-order valence-corrected chi connectivity index (χ3v) is 3.34. The Balaban J connectivity index is 1.99. The molecule has 3 rings (SSSR count). The average molecular weight is 252 g/mol. The normalized spacial score (nSPS) is 11.1. The zero-order valence-corrected chi connectivity index (χ0v) is 10.9. The smallest absolute Gasteiger partial charge is 0.199 e. The second-order valence-corrected chi connectivity index (χ2v) is 4.68. The summed E-state index contributed by atoms with van der Waals surface area (Å²) in [4.78, 5) is 4.54. The van der Waals surface area contributed by atoms with Crippen LogP contribution >= 0.6 is 0 Å². The van der Waals surface area contributed by atoms with Crippen molar-refractivity contribution in [2.75, 3.05) is 0 Å². The summed E-state index contributed by atoms with van der Waals surface area (Å²) >= 11 is 0. The van der Waals surface area contributed by atoms with E-state index in [2.05, 4.69) is 11.1 Å². The predicted octanol–water partition coefficient (Wildman–Crippen LogP) is 3.19. The minimum absolute atomic E-state index is 0.537. The number of benzene rings is 2. The topological polar surface area (TPSA) is 52.0 Å². The van der Waals surface area contributed by atoms with Crippen LogP contribution in [0, 0.1) is 6.92 Å². The van der Waals surface area contributed by atoms with Gasteiger partial charge in [-0.3, -0.25) is 0 Å². The third-order valence-electron chi connectivity index (χ3n) is 3.34. The molecule has 0 spiro atoms. The van der Waals surface area contributed by atoms with E-state index < -0.39 is 0 Å². The van der Waals surface area contributed by atoms with Crippen LogP contribution < -0.4 is 5.73 Å². The van der Waals surface area contributed by atoms with Crippen LogP contribution in [0.15, 0.2) is 46.9 Å². The summed E-state index contributed by atoms with van der Waals surface area (Å²) in [5.74, 6) is 0.741. The zero-order chi connectivity index (χ0) is 13.2. The lowest BCUT2D eigenvalue weighted by atomic mass is 10.0. The van der Waals surface area contributed by atoms with Crippen molar-refractivity contribution in [2.45, 2.75) is 19.9 Å². The van der Waals surface area contributed by atoms with Crippen molar-refractivity contribution in [2.24, 2.45) is 5.73 Å². The van der Waals surface area contributed by atoms with E-state index in [9.17, 15) is 0 Å². The van der Waals surface area contributed by atoms with E-state index in [4.69, 9.17) is 10.2 Å². The fourth-order valence-corrected chi connectivity index (χ4v) is 2.30. The van der Waals surface area contributed by atoms with Gasteiger partial charge < -0.3 is 10.2 Å². The summed E-state index contributed by atoms with van der Waals surface area (Å²) in [6.07, 6.45) is 0.682. The number of nitrogens with zero attached hydrogens (tertiary/aromatic N) is 1. The van der Waals surface area contributed by atoms with E-state index in [1.54, 1.807) is 0 Å². The molecule has 0 unspecified atom stereocenters. The van der Waals surface area contributed by atoms with Gasteiger partial charge in [-0.15, -0.1) is 0 Å². The Labute approximate surface area is 112 Å². The number of oxazole rings is 1. The standard InChI is InChI=1S/C16H16N2O/c1-11-5-4-8-14-16(11)19-15(18-14)9-12-6-2-3-7-13(12)10-17/h2-8H,9-10,17H2,1H3. The lowest BCUT2D eigenvalue weighted by Crippen LogP contribution is -2.01. The van der Waals surface area contributed by atoms with Crippen LogP contribution in [0.2, 0.25) is 0 Å². The van der Waals surface area contributed by atoms with Crippen LogP contribution in [-0.2, 0) is 13.0 Å². The summed E-state index contributed by atoms with van der Waals surface area (Å²) in [6.45, 7) is 2.57. The highest BCUT2D eigenvalue weighted by atomic mass is 16.3. The van der Waals surface area contributed by atoms with Crippen LogP contribution in [0.4, 0.5) is 0 Å². The van der Waals surface area contributed by atoms with Gasteiger partial charge in [-0.05, 0) is 29.7 Å². The van der Waals surface area contributed by atoms with Crippen LogP contribution in [0.25, 0.3) is 11.1 Å². The molecule has 3 heteroatoms. The van der Waals surface area contributed by atoms with Gasteiger partial charge in [0.05, 0.1) is 0 Å². The quantitative estimate of drug-likeness (QED) is 0.778. The van der Waals surface area contributed by atoms with Crippen molar-refractivity contribution in [3.05, 3.63) is 65.0 Å². The Morgan fingerprint density at radius 3 is 2.58 bits per heavy atom. The Hall–Kier alpha value is -2.13. The number of aromatic nitrogens is 1. The number of fused-ring (bicyclic) bond motifs is 1. The maximum absolute atomic E-state index is 5.85. The highest BCUT2D eigenvalue weighted by Crippen LogP contribution is 2.21. The molecule has 1 aromatic heterocycles. The van der Waals surface area contributed by atoms with E-state index in [1.165, 1.54) is 5.56 Å². The molecule has 0 bridgehead atoms. The predicted molar refractivity (Wildman–Crippen MR) is 75.9 cm³/mol. The SMILES string of the molecule is Cc1cccc2nc(Cc3ccccc3CN)oc12. The molecule has 0 atom stereocenters. The molecule has 19 heavy (non-hydrogen) atoms. The summed E-state index contributed by atoms with van der Waals surface area (Å²) in [6, 6.07) is 14.1. The zero-order valence-electron chi connectivity index (χ0n) is 10.9. The van der Waals surface area contributed by atoms with Crippen molar-refractivity contribution in [1.29, 1.82) is 0 Å². The molecule has 2 aromatic carbocycles. The first-order chi connectivity index (χ1) is 9.28. The van der Waals surface area contributed by atoms with Crippen LogP contribution in [0.5, 0.6) is 0 Å². The van der Waals surface area contributed by atoms with Crippen molar-refractivity contribution < 1.29 is 4.42 Å². The van der Waals surface area contributed by atoms with Crippen LogP contribution in [-0.4, -0.2) is 4.98 Å². The number of aryl methyl sites for hydroxylation is 1. The van der Waals surface area contributed by atoms with E-state index in [-0.39, 0.29) is 0 Å². The second-order valence-electron chi connectivity index (χ2n) is 4.68. The number of nitrogens with two attached hydrogens (primary N) is 1. The maximum atomic E-state index is 5.85. The molecular formula is C16H16N2O. The first-order valence-corrected chi connectivity index (χ1v) is 6.40. The van der Waals surface area contributed by atoms with Crippen LogP contribution in [0.1, 0.15) is 22.6 Å². The Morgan fingerprint density at radius 1 is 1.05 bits per heavy atom. The molecule has 0 amide bonds. The van der Waals surface area contributed by atoms with E-state index in [0.29, 0.717) is 13.0 Å². The number of rotatable bonds is 3. The molecule has 0 saturated heterocycles. The Morgan fingerprint density at radius 2 is 1.84 bits per heavy atom. The second kappa shape index (κ2) is 4.86. The first kappa shape index (κ1) is 11.9. The van der Waals surface area contributed by atoms with Crippen molar-refractivity contribution in [3.8, 4) is 0 Å². The fourth-order valence-electron chi connectivity index (χ4n) is 2.30. The molecular weight excluding hydrogens is 236 g/mol. The number of para-hydroxylation sites is 1. The summed E-state index contributed by atoms with van der Waals surface area (Å²) in [7, 11) is 0. The van der Waals surface area contributed by atoms with Crippen molar-refractivity contribution in [3.63, 3.8) is 0 Å². The Kier molecular flexibility index (Phi) is 3.05. The monoisotopic (exact) mass is 252 g/mol. The lowest BCUT2D eigenvalue weighted by molar-refractivity contribution is 0.541. The highest BCUT2D eigenvalue weighted by Gasteiger charge is 2.09. The van der Waals surface area contributed by atoms with Gasteiger partial charge in [0.25, 0.3) is 0 Å². The summed E-state index contributed by atoms with van der Waals surface area (Å²) in [5, 5.41) is 0. The first-order valence-electron chi connectivity index (χ1n) is 6.40. The molecule has 0 radical (unpaired) electrons. The molecule has 0 aliphatic heterocycles. The molecule has 96 valence electrons. The molecule has 0 fully saturated rings. The van der Waals surface area contributed by atoms with Crippen LogP contribution in [0.3, 0.4) is 0 Å². The molecule has 0 saturated carbocycles. The van der Waals surface area contributed by atoms with E-state index in [1.807, 2.05) is 43.3 Å². The minimum Gasteiger partial charge on any atom is -0.440 e. The molecule has 3 aromatic rings. The van der Waals surface area contributed by atoms with Crippen molar-refractivity contribution >= 4 is 11.1 Å². The highest BCUT2D eigenvalue weighted by molar-refractivity contribution is 5.76. The summed E-state index contributed by atoms with van der Waals surface area (Å²) in [5.41, 5.74) is 11.0. The van der Waals surface area contributed by atoms with E-state index >= 15 is 0 Å². The minimum atomic E-state index is 0.537. The molecule has 2 N–H and O–H groups in total. The molecule has 0 aliphatic carbocycles. The average Bonchev–Trinajstić information content (AvgIpc) is 2.83. The molecule has 3 nitrogen and oxygen atoms in total. The molecule has 1 heterocycles. The fraction of sp³-hybridized carbons (Fsp3) is 0.188. The van der Waals surface area contributed by atoms with Gasteiger partial charge in [0.2, 0.25) is 0 Å². The number of hydrogen-bond acceptors (Lipinski definition) is 3.